The summed E-state index contributed by atoms with van der Waals surface area (Å²) in [6.07, 6.45) is 0. The van der Waals surface area contributed by atoms with Crippen molar-refractivity contribution in [1.82, 2.24) is 9.88 Å². The lowest BCUT2D eigenvalue weighted by atomic mass is 10.1. The third kappa shape index (κ3) is 3.69. The minimum Gasteiger partial charge on any atom is -0.419 e. The van der Waals surface area contributed by atoms with Crippen molar-refractivity contribution in [3.8, 4) is 17.5 Å². The zero-order chi connectivity index (χ0) is 20.4. The molecule has 0 bridgehead atoms. The van der Waals surface area contributed by atoms with Crippen LogP contribution in [0.2, 0.25) is 0 Å². The number of amides is 1. The zero-order valence-corrected chi connectivity index (χ0v) is 15.9. The first-order valence-corrected chi connectivity index (χ1v) is 9.33. The van der Waals surface area contributed by atoms with E-state index < -0.39 is 5.82 Å². The third-order valence-electron chi connectivity index (χ3n) is 4.97. The Morgan fingerprint density at radius 3 is 2.45 bits per heavy atom. The minimum atomic E-state index is -0.523. The number of nitriles is 1. The lowest BCUT2D eigenvalue weighted by Gasteiger charge is -2.34. The van der Waals surface area contributed by atoms with Gasteiger partial charge in [-0.1, -0.05) is 29.8 Å². The van der Waals surface area contributed by atoms with Gasteiger partial charge in [0.2, 0.25) is 17.5 Å². The molecule has 1 saturated heterocycles. The highest BCUT2D eigenvalue weighted by Gasteiger charge is 2.28. The van der Waals surface area contributed by atoms with Gasteiger partial charge in [-0.3, -0.25) is 4.79 Å². The molecule has 6 nitrogen and oxygen atoms in total. The number of piperazine rings is 1. The molecule has 4 rings (SSSR count). The molecule has 146 valence electrons. The lowest BCUT2D eigenvalue weighted by Crippen LogP contribution is -2.49. The molecule has 1 fully saturated rings. The van der Waals surface area contributed by atoms with Crippen LogP contribution in [-0.4, -0.2) is 42.0 Å². The van der Waals surface area contributed by atoms with E-state index in [1.54, 1.807) is 17.0 Å². The van der Waals surface area contributed by atoms with E-state index in [0.717, 1.165) is 11.1 Å². The number of halogens is 1. The van der Waals surface area contributed by atoms with E-state index in [4.69, 9.17) is 4.42 Å². The van der Waals surface area contributed by atoms with Crippen LogP contribution < -0.4 is 4.90 Å². The number of hydrogen-bond donors (Lipinski definition) is 0. The molecule has 0 unspecified atom stereocenters. The van der Waals surface area contributed by atoms with E-state index in [2.05, 4.69) is 11.1 Å². The largest absolute Gasteiger partial charge is 0.419 e. The molecule has 7 heteroatoms. The van der Waals surface area contributed by atoms with Gasteiger partial charge in [0.1, 0.15) is 11.9 Å². The molecule has 2 aromatic carbocycles. The van der Waals surface area contributed by atoms with Crippen LogP contribution in [0.25, 0.3) is 11.5 Å². The van der Waals surface area contributed by atoms with Gasteiger partial charge in [0.25, 0.3) is 5.91 Å². The van der Waals surface area contributed by atoms with E-state index in [0.29, 0.717) is 38.0 Å². The predicted molar refractivity (Wildman–Crippen MR) is 106 cm³/mol. The molecule has 1 aliphatic rings. The van der Waals surface area contributed by atoms with Gasteiger partial charge in [0.15, 0.2) is 0 Å². The first-order valence-electron chi connectivity index (χ1n) is 9.33. The standard InChI is InChI=1S/C22H19FN4O2/c1-15-6-8-16(9-7-15)20-25-19(14-24)22(29-20)27-12-10-26(11-13-27)21(28)17-4-2-3-5-18(17)23/h2-9H,10-13H2,1H3. The van der Waals surface area contributed by atoms with Crippen LogP contribution in [0.15, 0.2) is 52.9 Å². The van der Waals surface area contributed by atoms with E-state index in [-0.39, 0.29) is 17.2 Å². The molecule has 2 heterocycles. The number of anilines is 1. The van der Waals surface area contributed by atoms with Crippen LogP contribution in [0.5, 0.6) is 0 Å². The van der Waals surface area contributed by atoms with E-state index in [1.807, 2.05) is 36.1 Å². The van der Waals surface area contributed by atoms with Crippen molar-refractivity contribution in [2.24, 2.45) is 0 Å². The molecular formula is C22H19FN4O2. The van der Waals surface area contributed by atoms with E-state index >= 15 is 0 Å². The SMILES string of the molecule is Cc1ccc(-c2nc(C#N)c(N3CCN(C(=O)c4ccccc4F)CC3)o2)cc1. The predicted octanol–water partition coefficient (Wildman–Crippen LogP) is 3.62. The van der Waals surface area contributed by atoms with Gasteiger partial charge in [-0.2, -0.15) is 10.2 Å². The maximum Gasteiger partial charge on any atom is 0.256 e. The van der Waals surface area contributed by atoms with Gasteiger partial charge in [0, 0.05) is 31.7 Å². The number of carbonyl (C=O) groups excluding carboxylic acids is 1. The molecule has 1 aliphatic heterocycles. The van der Waals surface area contributed by atoms with Gasteiger partial charge < -0.3 is 14.2 Å². The average molecular weight is 390 g/mol. The second kappa shape index (κ2) is 7.76. The lowest BCUT2D eigenvalue weighted by molar-refractivity contribution is 0.0740. The summed E-state index contributed by atoms with van der Waals surface area (Å²) in [6.45, 7) is 3.74. The molecule has 0 atom stereocenters. The van der Waals surface area contributed by atoms with Crippen molar-refractivity contribution < 1.29 is 13.6 Å². The number of rotatable bonds is 3. The molecule has 3 aromatic rings. The fourth-order valence-electron chi connectivity index (χ4n) is 3.34. The van der Waals surface area contributed by atoms with Gasteiger partial charge in [-0.15, -0.1) is 0 Å². The number of aromatic nitrogens is 1. The van der Waals surface area contributed by atoms with Crippen LogP contribution in [-0.2, 0) is 0 Å². The van der Waals surface area contributed by atoms with E-state index in [9.17, 15) is 14.4 Å². The van der Waals surface area contributed by atoms with Crippen LogP contribution in [0.1, 0.15) is 21.6 Å². The molecule has 1 amide bonds. The Labute approximate surface area is 167 Å². The summed E-state index contributed by atoms with van der Waals surface area (Å²) in [6, 6.07) is 15.8. The van der Waals surface area contributed by atoms with Crippen LogP contribution in [0.3, 0.4) is 0 Å². The normalized spacial score (nSPS) is 14.0. The second-order valence-electron chi connectivity index (χ2n) is 6.91. The highest BCUT2D eigenvalue weighted by atomic mass is 19.1. The first-order chi connectivity index (χ1) is 14.1. The molecular weight excluding hydrogens is 371 g/mol. The van der Waals surface area contributed by atoms with Crippen LogP contribution in [0.4, 0.5) is 10.3 Å². The minimum absolute atomic E-state index is 0.0694. The Kier molecular flexibility index (Phi) is 5.00. The van der Waals surface area contributed by atoms with Gasteiger partial charge >= 0.3 is 0 Å². The van der Waals surface area contributed by atoms with Crippen molar-refractivity contribution >= 4 is 11.8 Å². The number of benzene rings is 2. The van der Waals surface area contributed by atoms with Crippen molar-refractivity contribution in [2.75, 3.05) is 31.1 Å². The van der Waals surface area contributed by atoms with Crippen molar-refractivity contribution in [2.45, 2.75) is 6.92 Å². The molecule has 0 aliphatic carbocycles. The molecule has 0 radical (unpaired) electrons. The number of carbonyl (C=O) groups is 1. The van der Waals surface area contributed by atoms with Gasteiger partial charge in [-0.25, -0.2) is 4.39 Å². The maximum atomic E-state index is 13.9. The summed E-state index contributed by atoms with van der Waals surface area (Å²) < 4.78 is 19.8. The smallest absolute Gasteiger partial charge is 0.256 e. The number of nitrogens with zero attached hydrogens (tertiary/aromatic N) is 4. The fourth-order valence-corrected chi connectivity index (χ4v) is 3.34. The highest BCUT2D eigenvalue weighted by molar-refractivity contribution is 5.94. The maximum absolute atomic E-state index is 13.9. The summed E-state index contributed by atoms with van der Waals surface area (Å²) in [7, 11) is 0. The Bertz CT molecular complexity index is 1080. The average Bonchev–Trinajstić information content (AvgIpc) is 3.19. The van der Waals surface area contributed by atoms with Crippen molar-refractivity contribution in [3.05, 3.63) is 71.2 Å². The van der Waals surface area contributed by atoms with E-state index in [1.165, 1.54) is 12.1 Å². The first kappa shape index (κ1) is 18.7. The summed E-state index contributed by atoms with van der Waals surface area (Å²) >= 11 is 0. The number of oxazole rings is 1. The van der Waals surface area contributed by atoms with Gasteiger partial charge in [-0.05, 0) is 31.2 Å². The summed E-state index contributed by atoms with van der Waals surface area (Å²) in [5.74, 6) is -0.0617. The number of aryl methyl sites for hydroxylation is 1. The topological polar surface area (TPSA) is 73.4 Å². The Hall–Kier alpha value is -3.66. The molecule has 29 heavy (non-hydrogen) atoms. The van der Waals surface area contributed by atoms with Crippen LogP contribution in [0, 0.1) is 24.1 Å². The summed E-state index contributed by atoms with van der Waals surface area (Å²) in [5, 5.41) is 9.47. The highest BCUT2D eigenvalue weighted by Crippen LogP contribution is 2.29. The Morgan fingerprint density at radius 1 is 1.10 bits per heavy atom. The Balaban J connectivity index is 1.50. The Morgan fingerprint density at radius 2 is 1.79 bits per heavy atom. The summed E-state index contributed by atoms with van der Waals surface area (Å²) in [4.78, 5) is 20.4. The number of hydrogen-bond acceptors (Lipinski definition) is 5. The fraction of sp³-hybridized carbons (Fsp3) is 0.227. The molecule has 0 saturated carbocycles. The monoisotopic (exact) mass is 390 g/mol. The molecule has 0 spiro atoms. The second-order valence-corrected chi connectivity index (χ2v) is 6.91. The van der Waals surface area contributed by atoms with Gasteiger partial charge in [0.05, 0.1) is 5.56 Å². The van der Waals surface area contributed by atoms with Crippen LogP contribution >= 0.6 is 0 Å². The van der Waals surface area contributed by atoms with Crippen molar-refractivity contribution in [3.63, 3.8) is 0 Å². The summed E-state index contributed by atoms with van der Waals surface area (Å²) in [5.41, 5.74) is 2.21. The van der Waals surface area contributed by atoms with Crippen molar-refractivity contribution in [1.29, 1.82) is 5.26 Å². The quantitative estimate of drug-likeness (QED) is 0.683. The molecule has 0 N–H and O–H groups in total. The third-order valence-corrected chi connectivity index (χ3v) is 4.97. The molecule has 1 aromatic heterocycles. The zero-order valence-electron chi connectivity index (χ0n) is 15.9.